The van der Waals surface area contributed by atoms with Crippen molar-refractivity contribution < 1.29 is 14.6 Å². The summed E-state index contributed by atoms with van der Waals surface area (Å²) < 4.78 is 5.60. The van der Waals surface area contributed by atoms with Gasteiger partial charge in [0.1, 0.15) is 11.8 Å². The lowest BCUT2D eigenvalue weighted by atomic mass is 9.89. The molecule has 2 aromatic carbocycles. The van der Waals surface area contributed by atoms with Crippen molar-refractivity contribution in [3.8, 4) is 5.75 Å². The van der Waals surface area contributed by atoms with E-state index >= 15 is 0 Å². The molecule has 1 aliphatic rings. The first-order chi connectivity index (χ1) is 12.5. The van der Waals surface area contributed by atoms with E-state index in [9.17, 15) is 9.90 Å². The number of likely N-dealkylation sites (tertiary alicyclic amines) is 1. The molecule has 1 fully saturated rings. The highest BCUT2D eigenvalue weighted by molar-refractivity contribution is 6.30. The first kappa shape index (κ1) is 18.7. The highest BCUT2D eigenvalue weighted by Crippen LogP contribution is 2.40. The fourth-order valence-electron chi connectivity index (χ4n) is 3.87. The minimum Gasteiger partial charge on any atom is -0.496 e. The molecule has 0 radical (unpaired) electrons. The number of ether oxygens (including phenoxy) is 1. The lowest BCUT2D eigenvalue weighted by Crippen LogP contribution is -2.47. The van der Waals surface area contributed by atoms with Crippen LogP contribution < -0.4 is 4.74 Å². The molecule has 0 aliphatic carbocycles. The van der Waals surface area contributed by atoms with Gasteiger partial charge in [0.15, 0.2) is 0 Å². The molecule has 1 saturated heterocycles. The van der Waals surface area contributed by atoms with Crippen molar-refractivity contribution >= 4 is 17.6 Å². The molecule has 0 saturated carbocycles. The van der Waals surface area contributed by atoms with Gasteiger partial charge in [-0.25, -0.2) is 0 Å². The molecule has 138 valence electrons. The van der Waals surface area contributed by atoms with E-state index in [0.717, 1.165) is 41.8 Å². The Labute approximate surface area is 159 Å². The molecule has 0 aromatic heterocycles. The van der Waals surface area contributed by atoms with E-state index < -0.39 is 12.0 Å². The molecular formula is C21H24ClNO3. The summed E-state index contributed by atoms with van der Waals surface area (Å²) >= 11 is 6.29. The van der Waals surface area contributed by atoms with E-state index in [0.29, 0.717) is 11.4 Å². The summed E-state index contributed by atoms with van der Waals surface area (Å²) in [6, 6.07) is 12.9. The number of aliphatic carboxylic acids is 1. The van der Waals surface area contributed by atoms with Gasteiger partial charge >= 0.3 is 5.97 Å². The molecule has 1 heterocycles. The number of halogens is 1. The number of rotatable bonds is 5. The average Bonchev–Trinajstić information content (AvgIpc) is 2.64. The fraction of sp³-hybridized carbons (Fsp3) is 0.381. The van der Waals surface area contributed by atoms with Crippen LogP contribution in [0.5, 0.6) is 5.75 Å². The van der Waals surface area contributed by atoms with E-state index in [2.05, 4.69) is 24.0 Å². The molecule has 1 aliphatic heterocycles. The van der Waals surface area contributed by atoms with Gasteiger partial charge in [0.05, 0.1) is 13.2 Å². The first-order valence-electron chi connectivity index (χ1n) is 8.90. The lowest BCUT2D eigenvalue weighted by Gasteiger charge is -2.40. The van der Waals surface area contributed by atoms with Crippen LogP contribution in [-0.4, -0.2) is 35.7 Å². The number of aryl methyl sites for hydroxylation is 1. The van der Waals surface area contributed by atoms with Gasteiger partial charge < -0.3 is 9.84 Å². The van der Waals surface area contributed by atoms with Crippen LogP contribution in [0, 0.1) is 6.92 Å². The second kappa shape index (κ2) is 8.11. The van der Waals surface area contributed by atoms with Crippen LogP contribution in [0.3, 0.4) is 0 Å². The molecular weight excluding hydrogens is 350 g/mol. The van der Waals surface area contributed by atoms with Crippen molar-refractivity contribution in [2.24, 2.45) is 0 Å². The lowest BCUT2D eigenvalue weighted by molar-refractivity contribution is -0.145. The Morgan fingerprint density at radius 1 is 1.23 bits per heavy atom. The maximum Gasteiger partial charge on any atom is 0.320 e. The molecule has 4 nitrogen and oxygen atoms in total. The number of carboxylic acid groups (broad SMARTS) is 1. The zero-order valence-electron chi connectivity index (χ0n) is 15.1. The highest BCUT2D eigenvalue weighted by Gasteiger charge is 2.36. The zero-order chi connectivity index (χ0) is 18.7. The number of nitrogens with zero attached hydrogens (tertiary/aromatic N) is 1. The fourth-order valence-corrected chi connectivity index (χ4v) is 4.05. The van der Waals surface area contributed by atoms with Crippen molar-refractivity contribution in [3.63, 3.8) is 0 Å². The predicted octanol–water partition coefficient (Wildman–Crippen LogP) is 4.69. The highest BCUT2D eigenvalue weighted by atomic mass is 35.5. The smallest absolute Gasteiger partial charge is 0.320 e. The van der Waals surface area contributed by atoms with Crippen molar-refractivity contribution in [2.45, 2.75) is 38.3 Å². The summed E-state index contributed by atoms with van der Waals surface area (Å²) in [6.07, 6.45) is 2.57. The number of benzene rings is 2. The molecule has 1 N–H and O–H groups in total. The van der Waals surface area contributed by atoms with Crippen LogP contribution in [0.2, 0.25) is 5.02 Å². The Morgan fingerprint density at radius 2 is 2.00 bits per heavy atom. The monoisotopic (exact) mass is 373 g/mol. The summed E-state index contributed by atoms with van der Waals surface area (Å²) in [5, 5.41) is 10.4. The third kappa shape index (κ3) is 3.71. The molecule has 0 bridgehead atoms. The quantitative estimate of drug-likeness (QED) is 0.826. The maximum absolute atomic E-state index is 11.9. The van der Waals surface area contributed by atoms with E-state index in [1.165, 1.54) is 0 Å². The predicted molar refractivity (Wildman–Crippen MR) is 103 cm³/mol. The average molecular weight is 374 g/mol. The third-order valence-corrected chi connectivity index (χ3v) is 5.37. The largest absolute Gasteiger partial charge is 0.496 e. The number of hydrogen-bond acceptors (Lipinski definition) is 3. The minimum absolute atomic E-state index is 0.216. The van der Waals surface area contributed by atoms with E-state index in [1.807, 2.05) is 24.3 Å². The SMILES string of the molecule is COc1ccc(Cl)cc1C(c1ccccc1C)N1CCCCC1C(=O)O. The van der Waals surface area contributed by atoms with Crippen LogP contribution in [0.25, 0.3) is 0 Å². The second-order valence-corrected chi connectivity index (χ2v) is 7.17. The topological polar surface area (TPSA) is 49.8 Å². The standard InChI is InChI=1S/C21H24ClNO3/c1-14-7-3-4-8-16(14)20(17-13-15(22)10-11-19(17)26-2)23-12-6-5-9-18(23)21(24)25/h3-4,7-8,10-11,13,18,20H,5-6,9,12H2,1-2H3,(H,24,25). The zero-order valence-corrected chi connectivity index (χ0v) is 15.9. The molecule has 0 spiro atoms. The van der Waals surface area contributed by atoms with Crippen LogP contribution >= 0.6 is 11.6 Å². The Balaban J connectivity index is 2.19. The van der Waals surface area contributed by atoms with Crippen LogP contribution in [0.1, 0.15) is 42.0 Å². The number of carboxylic acids is 1. The molecule has 2 aromatic rings. The van der Waals surface area contributed by atoms with Crippen molar-refractivity contribution in [2.75, 3.05) is 13.7 Å². The maximum atomic E-state index is 11.9. The number of methoxy groups -OCH3 is 1. The van der Waals surface area contributed by atoms with Gasteiger partial charge in [0, 0.05) is 10.6 Å². The van der Waals surface area contributed by atoms with Gasteiger partial charge in [0.2, 0.25) is 0 Å². The van der Waals surface area contributed by atoms with Gasteiger partial charge in [-0.3, -0.25) is 9.69 Å². The number of hydrogen-bond donors (Lipinski definition) is 1. The van der Waals surface area contributed by atoms with E-state index in [-0.39, 0.29) is 6.04 Å². The van der Waals surface area contributed by atoms with Crippen LogP contribution in [0.15, 0.2) is 42.5 Å². The van der Waals surface area contributed by atoms with Gasteiger partial charge in [-0.05, 0) is 55.6 Å². The molecule has 2 atom stereocenters. The van der Waals surface area contributed by atoms with Crippen molar-refractivity contribution in [1.29, 1.82) is 0 Å². The van der Waals surface area contributed by atoms with Gasteiger partial charge in [-0.2, -0.15) is 0 Å². The Bertz CT molecular complexity index is 793. The normalized spacial score (nSPS) is 19.1. The van der Waals surface area contributed by atoms with Crippen LogP contribution in [-0.2, 0) is 4.79 Å². The molecule has 26 heavy (non-hydrogen) atoms. The molecule has 2 unspecified atom stereocenters. The van der Waals surface area contributed by atoms with Gasteiger partial charge in [-0.15, -0.1) is 0 Å². The van der Waals surface area contributed by atoms with E-state index in [4.69, 9.17) is 16.3 Å². The summed E-state index contributed by atoms with van der Waals surface area (Å²) in [5.74, 6) is -0.0540. The Kier molecular flexibility index (Phi) is 5.84. The summed E-state index contributed by atoms with van der Waals surface area (Å²) in [5.41, 5.74) is 3.11. The second-order valence-electron chi connectivity index (χ2n) is 6.73. The van der Waals surface area contributed by atoms with Gasteiger partial charge in [-0.1, -0.05) is 42.3 Å². The third-order valence-electron chi connectivity index (χ3n) is 5.13. The first-order valence-corrected chi connectivity index (χ1v) is 9.28. The van der Waals surface area contributed by atoms with Gasteiger partial charge in [0.25, 0.3) is 0 Å². The van der Waals surface area contributed by atoms with E-state index in [1.54, 1.807) is 13.2 Å². The Hall–Kier alpha value is -2.04. The summed E-state index contributed by atoms with van der Waals surface area (Å²) in [4.78, 5) is 14.0. The Morgan fingerprint density at radius 3 is 2.69 bits per heavy atom. The number of piperidine rings is 1. The van der Waals surface area contributed by atoms with Crippen molar-refractivity contribution in [3.05, 3.63) is 64.2 Å². The summed E-state index contributed by atoms with van der Waals surface area (Å²) in [6.45, 7) is 2.78. The number of carbonyl (C=O) groups is 1. The molecule has 0 amide bonds. The van der Waals surface area contributed by atoms with Crippen LogP contribution in [0.4, 0.5) is 0 Å². The molecule has 5 heteroatoms. The minimum atomic E-state index is -0.774. The summed E-state index contributed by atoms with van der Waals surface area (Å²) in [7, 11) is 1.63. The van der Waals surface area contributed by atoms with Crippen molar-refractivity contribution in [1.82, 2.24) is 4.90 Å². The molecule has 3 rings (SSSR count).